The van der Waals surface area contributed by atoms with E-state index in [0.717, 1.165) is 47.6 Å². The van der Waals surface area contributed by atoms with E-state index >= 15 is 0 Å². The van der Waals surface area contributed by atoms with Crippen LogP contribution in [0, 0.1) is 0 Å². The third-order valence-electron chi connectivity index (χ3n) is 5.55. The summed E-state index contributed by atoms with van der Waals surface area (Å²) >= 11 is 0. The lowest BCUT2D eigenvalue weighted by molar-refractivity contribution is 0.187. The van der Waals surface area contributed by atoms with Gasteiger partial charge < -0.3 is 25.7 Å². The summed E-state index contributed by atoms with van der Waals surface area (Å²) in [6, 6.07) is 14.0. The summed E-state index contributed by atoms with van der Waals surface area (Å²) in [5.41, 5.74) is 10.2. The number of ether oxygens (including phenoxy) is 1. The number of nitrogens with two attached hydrogens (primary N) is 1. The van der Waals surface area contributed by atoms with Gasteiger partial charge in [0.2, 0.25) is 5.95 Å². The summed E-state index contributed by atoms with van der Waals surface area (Å²) in [5, 5.41) is 6.77. The molecule has 0 aliphatic carbocycles. The molecule has 0 saturated carbocycles. The van der Waals surface area contributed by atoms with Gasteiger partial charge in [-0.15, -0.1) is 0 Å². The molecule has 1 aliphatic heterocycles. The molecule has 4 heterocycles. The highest BCUT2D eigenvalue weighted by atomic mass is 16.5. The minimum Gasteiger partial charge on any atom is -0.399 e. The molecule has 0 radical (unpaired) electrons. The molecular formula is C23H26N8O. The average molecular weight is 431 g/mol. The smallest absolute Gasteiger partial charge is 0.226 e. The number of pyridine rings is 1. The second-order valence-corrected chi connectivity index (χ2v) is 7.83. The second kappa shape index (κ2) is 9.19. The first kappa shape index (κ1) is 20.2. The summed E-state index contributed by atoms with van der Waals surface area (Å²) in [7, 11) is 0. The van der Waals surface area contributed by atoms with E-state index in [9.17, 15) is 0 Å². The molecule has 1 aromatic carbocycles. The fourth-order valence-electron chi connectivity index (χ4n) is 3.80. The summed E-state index contributed by atoms with van der Waals surface area (Å²) in [6.07, 6.45) is 5.38. The van der Waals surface area contributed by atoms with E-state index in [-0.39, 0.29) is 6.04 Å². The van der Waals surface area contributed by atoms with Crippen molar-refractivity contribution in [3.05, 3.63) is 66.2 Å². The molecule has 3 aromatic heterocycles. The van der Waals surface area contributed by atoms with Crippen molar-refractivity contribution in [1.82, 2.24) is 24.5 Å². The third kappa shape index (κ3) is 4.47. The zero-order valence-corrected chi connectivity index (χ0v) is 17.7. The zero-order chi connectivity index (χ0) is 21.8. The van der Waals surface area contributed by atoms with Crippen molar-refractivity contribution in [2.45, 2.75) is 25.4 Å². The Morgan fingerprint density at radius 3 is 2.75 bits per heavy atom. The van der Waals surface area contributed by atoms with Crippen molar-refractivity contribution in [2.24, 2.45) is 0 Å². The van der Waals surface area contributed by atoms with Gasteiger partial charge in [0.1, 0.15) is 0 Å². The van der Waals surface area contributed by atoms with E-state index in [1.807, 2.05) is 48.8 Å². The molecule has 9 heteroatoms. The quantitative estimate of drug-likeness (QED) is 0.365. The number of rotatable bonds is 8. The molecule has 9 nitrogen and oxygen atoms in total. The number of fused-ring (bicyclic) bond motifs is 1. The molecule has 0 bridgehead atoms. The number of anilines is 3. The first-order valence-electron chi connectivity index (χ1n) is 10.8. The van der Waals surface area contributed by atoms with Crippen LogP contribution >= 0.6 is 0 Å². The van der Waals surface area contributed by atoms with E-state index in [4.69, 9.17) is 20.4 Å². The molecule has 0 spiro atoms. The molecule has 1 aliphatic rings. The monoisotopic (exact) mass is 430 g/mol. The van der Waals surface area contributed by atoms with Crippen LogP contribution in [0.5, 0.6) is 0 Å². The minimum atomic E-state index is 0.237. The van der Waals surface area contributed by atoms with Gasteiger partial charge in [0, 0.05) is 43.7 Å². The largest absolute Gasteiger partial charge is 0.399 e. The first-order chi connectivity index (χ1) is 15.8. The van der Waals surface area contributed by atoms with E-state index in [2.05, 4.69) is 25.2 Å². The van der Waals surface area contributed by atoms with Crippen LogP contribution in [-0.4, -0.2) is 44.3 Å². The summed E-state index contributed by atoms with van der Waals surface area (Å²) in [4.78, 5) is 18.5. The van der Waals surface area contributed by atoms with Crippen molar-refractivity contribution in [2.75, 3.05) is 36.1 Å². The van der Waals surface area contributed by atoms with Crippen LogP contribution in [0.4, 0.5) is 17.5 Å². The van der Waals surface area contributed by atoms with Gasteiger partial charge in [-0.25, -0.2) is 4.98 Å². The topological polar surface area (TPSA) is 116 Å². The van der Waals surface area contributed by atoms with Crippen LogP contribution in [0.2, 0.25) is 0 Å². The number of hydrogen-bond acceptors (Lipinski definition) is 8. The van der Waals surface area contributed by atoms with Crippen molar-refractivity contribution in [1.29, 1.82) is 0 Å². The van der Waals surface area contributed by atoms with Crippen LogP contribution < -0.4 is 16.4 Å². The molecular weight excluding hydrogens is 404 g/mol. The van der Waals surface area contributed by atoms with E-state index in [1.165, 1.54) is 0 Å². The van der Waals surface area contributed by atoms with E-state index < -0.39 is 0 Å². The Morgan fingerprint density at radius 1 is 1.06 bits per heavy atom. The molecule has 164 valence electrons. The fraction of sp³-hybridized carbons (Fsp3) is 0.304. The summed E-state index contributed by atoms with van der Waals surface area (Å²) in [6.45, 7) is 2.72. The molecule has 1 unspecified atom stereocenters. The standard InChI is InChI=1S/C23H26N8O/c24-17-6-4-16(5-7-17)13-27-21-20-22(31(15-28-20)19-9-12-32-14-19)30-23(29-21)26-11-8-18-3-1-2-10-25-18/h1-7,10,15,19H,8-9,11-14,24H2,(H2,26,27,29,30). The van der Waals surface area contributed by atoms with Gasteiger partial charge in [0.05, 0.1) is 19.0 Å². The number of nitrogens with one attached hydrogen (secondary N) is 2. The average Bonchev–Trinajstić information content (AvgIpc) is 3.49. The maximum atomic E-state index is 5.80. The third-order valence-corrected chi connectivity index (χ3v) is 5.55. The van der Waals surface area contributed by atoms with Gasteiger partial charge in [-0.1, -0.05) is 18.2 Å². The van der Waals surface area contributed by atoms with Gasteiger partial charge in [0.25, 0.3) is 0 Å². The zero-order valence-electron chi connectivity index (χ0n) is 17.7. The lowest BCUT2D eigenvalue weighted by atomic mass is 10.2. The predicted octanol–water partition coefficient (Wildman–Crippen LogP) is 3.03. The first-order valence-corrected chi connectivity index (χ1v) is 10.8. The van der Waals surface area contributed by atoms with Gasteiger partial charge >= 0.3 is 0 Å². The maximum absolute atomic E-state index is 5.80. The molecule has 0 amide bonds. The lowest BCUT2D eigenvalue weighted by Gasteiger charge is -2.13. The van der Waals surface area contributed by atoms with Crippen LogP contribution in [0.1, 0.15) is 23.7 Å². The van der Waals surface area contributed by atoms with Gasteiger partial charge in [-0.2, -0.15) is 9.97 Å². The van der Waals surface area contributed by atoms with E-state index in [0.29, 0.717) is 31.5 Å². The number of imidazole rings is 1. The number of hydrogen-bond donors (Lipinski definition) is 3. The lowest BCUT2D eigenvalue weighted by Crippen LogP contribution is -2.13. The summed E-state index contributed by atoms with van der Waals surface area (Å²) in [5.74, 6) is 1.26. The number of aromatic nitrogens is 5. The SMILES string of the molecule is Nc1ccc(CNc2nc(NCCc3ccccn3)nc3c2ncn3C2CCOC2)cc1. The maximum Gasteiger partial charge on any atom is 0.226 e. The van der Waals surface area contributed by atoms with Crippen LogP contribution in [0.15, 0.2) is 55.0 Å². The molecule has 1 saturated heterocycles. The highest BCUT2D eigenvalue weighted by Crippen LogP contribution is 2.27. The Hall–Kier alpha value is -3.72. The second-order valence-electron chi connectivity index (χ2n) is 7.83. The molecule has 4 N–H and O–H groups in total. The normalized spacial score (nSPS) is 15.8. The number of nitrogen functional groups attached to an aromatic ring is 1. The van der Waals surface area contributed by atoms with Crippen molar-refractivity contribution in [3.63, 3.8) is 0 Å². The van der Waals surface area contributed by atoms with Gasteiger partial charge in [-0.05, 0) is 36.2 Å². The molecule has 5 rings (SSSR count). The van der Waals surface area contributed by atoms with E-state index in [1.54, 1.807) is 6.20 Å². The molecule has 4 aromatic rings. The van der Waals surface area contributed by atoms with Crippen LogP contribution in [0.25, 0.3) is 11.2 Å². The van der Waals surface area contributed by atoms with Gasteiger partial charge in [-0.3, -0.25) is 4.98 Å². The Balaban J connectivity index is 1.40. The summed E-state index contributed by atoms with van der Waals surface area (Å²) < 4.78 is 7.68. The Kier molecular flexibility index (Phi) is 5.80. The minimum absolute atomic E-state index is 0.237. The van der Waals surface area contributed by atoms with Crippen LogP contribution in [0.3, 0.4) is 0 Å². The Bertz CT molecular complexity index is 1170. The highest BCUT2D eigenvalue weighted by Gasteiger charge is 2.22. The van der Waals surface area contributed by atoms with Crippen LogP contribution in [-0.2, 0) is 17.7 Å². The highest BCUT2D eigenvalue weighted by molar-refractivity contribution is 5.84. The van der Waals surface area contributed by atoms with Gasteiger partial charge in [0.15, 0.2) is 17.0 Å². The fourth-order valence-corrected chi connectivity index (χ4v) is 3.80. The Labute approximate surface area is 186 Å². The number of nitrogens with zero attached hydrogens (tertiary/aromatic N) is 5. The predicted molar refractivity (Wildman–Crippen MR) is 124 cm³/mol. The van der Waals surface area contributed by atoms with Crippen molar-refractivity contribution >= 4 is 28.6 Å². The van der Waals surface area contributed by atoms with Crippen molar-refractivity contribution < 1.29 is 4.74 Å². The van der Waals surface area contributed by atoms with Crippen molar-refractivity contribution in [3.8, 4) is 0 Å². The number of benzene rings is 1. The molecule has 1 fully saturated rings. The molecule has 1 atom stereocenters. The Morgan fingerprint density at radius 2 is 1.97 bits per heavy atom. The molecule has 32 heavy (non-hydrogen) atoms.